The van der Waals surface area contributed by atoms with Gasteiger partial charge in [-0.25, -0.2) is 0 Å². The highest BCUT2D eigenvalue weighted by atomic mass is 16.4. The second-order valence-electron chi connectivity index (χ2n) is 6.47. The Morgan fingerprint density at radius 1 is 1.21 bits per heavy atom. The van der Waals surface area contributed by atoms with Gasteiger partial charge >= 0.3 is 6.01 Å². The highest BCUT2D eigenvalue weighted by Gasteiger charge is 2.15. The maximum Gasteiger partial charge on any atom is 0.315 e. The third-order valence-corrected chi connectivity index (χ3v) is 3.54. The Kier molecular flexibility index (Phi) is 4.80. The molecule has 1 saturated carbocycles. The minimum Gasteiger partial charge on any atom is -0.407 e. The lowest BCUT2D eigenvalue weighted by molar-refractivity contribution is 0.383. The third kappa shape index (κ3) is 5.19. The van der Waals surface area contributed by atoms with Gasteiger partial charge in [0.15, 0.2) is 0 Å². The largest absolute Gasteiger partial charge is 0.407 e. The monoisotopic (exact) mass is 266 g/mol. The fraction of sp³-hybridized carbons (Fsp3) is 0.857. The van der Waals surface area contributed by atoms with E-state index in [0.717, 1.165) is 12.5 Å². The number of rotatable bonds is 6. The van der Waals surface area contributed by atoms with Crippen molar-refractivity contribution in [3.63, 3.8) is 0 Å². The molecule has 1 aliphatic carbocycles. The summed E-state index contributed by atoms with van der Waals surface area (Å²) >= 11 is 0. The lowest BCUT2D eigenvalue weighted by atomic mass is 10.0. The fourth-order valence-electron chi connectivity index (χ4n) is 2.42. The molecule has 0 unspecified atom stereocenters. The van der Waals surface area contributed by atoms with Crippen LogP contribution < -0.4 is 10.6 Å². The summed E-state index contributed by atoms with van der Waals surface area (Å²) in [5, 5.41) is 14.6. The maximum atomic E-state index is 5.55. The van der Waals surface area contributed by atoms with Gasteiger partial charge in [0, 0.05) is 12.1 Å². The summed E-state index contributed by atoms with van der Waals surface area (Å²) in [5.41, 5.74) is 0.0601. The Labute approximate surface area is 115 Å². The summed E-state index contributed by atoms with van der Waals surface area (Å²) in [4.78, 5) is 0. The van der Waals surface area contributed by atoms with Crippen LogP contribution in [0.4, 0.5) is 6.01 Å². The summed E-state index contributed by atoms with van der Waals surface area (Å²) < 4.78 is 5.55. The lowest BCUT2D eigenvalue weighted by Crippen LogP contribution is -2.35. The zero-order valence-corrected chi connectivity index (χ0v) is 12.3. The van der Waals surface area contributed by atoms with E-state index in [4.69, 9.17) is 4.42 Å². The van der Waals surface area contributed by atoms with E-state index in [1.165, 1.54) is 32.1 Å². The van der Waals surface area contributed by atoms with Crippen LogP contribution in [0.5, 0.6) is 0 Å². The van der Waals surface area contributed by atoms with E-state index < -0.39 is 0 Å². The molecule has 1 aliphatic rings. The molecule has 0 amide bonds. The van der Waals surface area contributed by atoms with Crippen molar-refractivity contribution in [2.75, 3.05) is 11.9 Å². The van der Waals surface area contributed by atoms with Gasteiger partial charge in [-0.1, -0.05) is 30.8 Å². The van der Waals surface area contributed by atoms with Crippen molar-refractivity contribution in [1.82, 2.24) is 15.5 Å². The van der Waals surface area contributed by atoms with Crippen LogP contribution in [0, 0.1) is 5.92 Å². The zero-order chi connectivity index (χ0) is 13.7. The minimum atomic E-state index is 0.0601. The zero-order valence-electron chi connectivity index (χ0n) is 12.3. The fourth-order valence-corrected chi connectivity index (χ4v) is 2.42. The molecule has 0 saturated heterocycles. The molecule has 1 fully saturated rings. The summed E-state index contributed by atoms with van der Waals surface area (Å²) in [6.45, 7) is 7.89. The van der Waals surface area contributed by atoms with Gasteiger partial charge in [-0.3, -0.25) is 0 Å². The summed E-state index contributed by atoms with van der Waals surface area (Å²) in [6.07, 6.45) is 6.76. The highest BCUT2D eigenvalue weighted by Crippen LogP contribution is 2.27. The number of hydrogen-bond acceptors (Lipinski definition) is 5. The molecule has 1 aromatic rings. The van der Waals surface area contributed by atoms with Crippen LogP contribution in [-0.4, -0.2) is 22.3 Å². The first-order valence-electron chi connectivity index (χ1n) is 7.34. The molecular formula is C14H26N4O. The summed E-state index contributed by atoms with van der Waals surface area (Å²) in [6, 6.07) is 0.545. The van der Waals surface area contributed by atoms with Crippen LogP contribution in [0.1, 0.15) is 58.8 Å². The number of nitrogens with one attached hydrogen (secondary N) is 2. The van der Waals surface area contributed by atoms with Crippen LogP contribution in [0.3, 0.4) is 0 Å². The van der Waals surface area contributed by atoms with Gasteiger partial charge in [-0.2, -0.15) is 0 Å². The molecule has 108 valence electrons. The SMILES string of the molecule is CC(C)(C)NCc1nnc(NCCC2CCCC2)o1. The van der Waals surface area contributed by atoms with Gasteiger partial charge < -0.3 is 15.1 Å². The number of aromatic nitrogens is 2. The molecule has 5 heteroatoms. The predicted octanol–water partition coefficient (Wildman–Crippen LogP) is 2.95. The van der Waals surface area contributed by atoms with E-state index in [0.29, 0.717) is 18.5 Å². The van der Waals surface area contributed by atoms with Gasteiger partial charge in [0.1, 0.15) is 0 Å². The Morgan fingerprint density at radius 2 is 1.95 bits per heavy atom. The maximum absolute atomic E-state index is 5.55. The Morgan fingerprint density at radius 3 is 2.63 bits per heavy atom. The minimum absolute atomic E-state index is 0.0601. The van der Waals surface area contributed by atoms with Crippen LogP contribution in [-0.2, 0) is 6.54 Å². The molecule has 0 aliphatic heterocycles. The van der Waals surface area contributed by atoms with E-state index in [1.807, 2.05) is 0 Å². The van der Waals surface area contributed by atoms with E-state index >= 15 is 0 Å². The molecule has 0 aromatic carbocycles. The van der Waals surface area contributed by atoms with Gasteiger partial charge in [0.25, 0.3) is 0 Å². The van der Waals surface area contributed by atoms with E-state index in [2.05, 4.69) is 41.6 Å². The molecule has 0 radical (unpaired) electrons. The molecule has 2 N–H and O–H groups in total. The van der Waals surface area contributed by atoms with Crippen molar-refractivity contribution in [2.24, 2.45) is 5.92 Å². The van der Waals surface area contributed by atoms with Crippen molar-refractivity contribution in [1.29, 1.82) is 0 Å². The first kappa shape index (κ1) is 14.3. The Balaban J connectivity index is 1.68. The quantitative estimate of drug-likeness (QED) is 0.829. The average Bonchev–Trinajstić information content (AvgIpc) is 2.97. The molecule has 0 atom stereocenters. The van der Waals surface area contributed by atoms with E-state index in [9.17, 15) is 0 Å². The van der Waals surface area contributed by atoms with E-state index in [-0.39, 0.29) is 5.54 Å². The van der Waals surface area contributed by atoms with Gasteiger partial charge in [-0.15, -0.1) is 5.10 Å². The summed E-state index contributed by atoms with van der Waals surface area (Å²) in [5.74, 6) is 1.52. The van der Waals surface area contributed by atoms with Crippen molar-refractivity contribution >= 4 is 6.01 Å². The molecule has 0 bridgehead atoms. The van der Waals surface area contributed by atoms with Crippen LogP contribution >= 0.6 is 0 Å². The first-order valence-corrected chi connectivity index (χ1v) is 7.34. The van der Waals surface area contributed by atoms with Gasteiger partial charge in [-0.05, 0) is 33.1 Å². The number of anilines is 1. The molecule has 0 spiro atoms. The first-order chi connectivity index (χ1) is 9.03. The smallest absolute Gasteiger partial charge is 0.315 e. The third-order valence-electron chi connectivity index (χ3n) is 3.54. The van der Waals surface area contributed by atoms with Gasteiger partial charge in [0.2, 0.25) is 5.89 Å². The van der Waals surface area contributed by atoms with Crippen molar-refractivity contribution < 1.29 is 4.42 Å². The van der Waals surface area contributed by atoms with Gasteiger partial charge in [0.05, 0.1) is 6.54 Å². The van der Waals surface area contributed by atoms with Crippen LogP contribution in [0.15, 0.2) is 4.42 Å². The Bertz CT molecular complexity index is 377. The standard InChI is InChI=1S/C14H26N4O/c1-14(2,3)16-10-12-17-18-13(19-12)15-9-8-11-6-4-5-7-11/h11,16H,4-10H2,1-3H3,(H,15,18). The number of nitrogens with zero attached hydrogens (tertiary/aromatic N) is 2. The average molecular weight is 266 g/mol. The van der Waals surface area contributed by atoms with Crippen LogP contribution in [0.25, 0.3) is 0 Å². The van der Waals surface area contributed by atoms with Crippen molar-refractivity contribution in [3.8, 4) is 0 Å². The van der Waals surface area contributed by atoms with Crippen molar-refractivity contribution in [2.45, 2.75) is 65.0 Å². The number of hydrogen-bond donors (Lipinski definition) is 2. The summed E-state index contributed by atoms with van der Waals surface area (Å²) in [7, 11) is 0. The normalized spacial score (nSPS) is 17.0. The molecule has 1 heterocycles. The second-order valence-corrected chi connectivity index (χ2v) is 6.47. The van der Waals surface area contributed by atoms with Crippen LogP contribution in [0.2, 0.25) is 0 Å². The molecule has 2 rings (SSSR count). The Hall–Kier alpha value is -1.10. The lowest BCUT2D eigenvalue weighted by Gasteiger charge is -2.18. The molecule has 19 heavy (non-hydrogen) atoms. The highest BCUT2D eigenvalue weighted by molar-refractivity contribution is 5.16. The topological polar surface area (TPSA) is 63.0 Å². The predicted molar refractivity (Wildman–Crippen MR) is 76.0 cm³/mol. The molecule has 1 aromatic heterocycles. The molecular weight excluding hydrogens is 240 g/mol. The second kappa shape index (κ2) is 6.37. The van der Waals surface area contributed by atoms with Crippen molar-refractivity contribution in [3.05, 3.63) is 5.89 Å². The molecule has 5 nitrogen and oxygen atoms in total. The van der Waals surface area contributed by atoms with E-state index in [1.54, 1.807) is 0 Å².